The van der Waals surface area contributed by atoms with E-state index in [1.165, 1.54) is 231 Å². The monoisotopic (exact) mass is 1200 g/mol. The number of allylic oxidation sites excluding steroid dienone is 16. The Morgan fingerprint density at radius 2 is 0.465 bits per heavy atom. The van der Waals surface area contributed by atoms with Gasteiger partial charge in [0.15, 0.2) is 5.92 Å². The molecule has 0 aromatic rings. The molecule has 0 aliphatic heterocycles. The van der Waals surface area contributed by atoms with Gasteiger partial charge in [0.05, 0.1) is 0 Å². The Balaban J connectivity index is 5.59. The number of unbranched alkanes of at least 4 members (excludes halogenated alkanes) is 36. The zero-order valence-corrected chi connectivity index (χ0v) is 58.2. The highest BCUT2D eigenvalue weighted by Gasteiger charge is 2.33. The van der Waals surface area contributed by atoms with Crippen LogP contribution in [0.1, 0.15) is 368 Å². The van der Waals surface area contributed by atoms with Crippen LogP contribution in [0.2, 0.25) is 0 Å². The summed E-state index contributed by atoms with van der Waals surface area (Å²) in [6, 6.07) is 0. The Labute approximate surface area is 537 Å². The van der Waals surface area contributed by atoms with Gasteiger partial charge in [-0.05, 0) is 207 Å². The zero-order chi connectivity index (χ0) is 62.4. The lowest BCUT2D eigenvalue weighted by Gasteiger charge is -2.25. The van der Waals surface area contributed by atoms with Crippen LogP contribution in [0, 0.1) is 5.92 Å². The van der Waals surface area contributed by atoms with Crippen molar-refractivity contribution in [3.8, 4) is 0 Å². The Kier molecular flexibility index (Phi) is 68.3. The fourth-order valence-electron chi connectivity index (χ4n) is 11.2. The third kappa shape index (κ3) is 63.8. The summed E-state index contributed by atoms with van der Waals surface area (Å²) in [7, 11) is 4.04. The number of carbonyl (C=O) groups is 2. The van der Waals surface area contributed by atoms with Crippen molar-refractivity contribution >= 4 is 11.9 Å². The predicted molar refractivity (Wildman–Crippen MR) is 382 cm³/mol. The van der Waals surface area contributed by atoms with Crippen LogP contribution in [-0.4, -0.2) is 49.7 Å². The maximum Gasteiger partial charge on any atom is 0.320 e. The molecule has 0 radical (unpaired) electrons. The van der Waals surface area contributed by atoms with Gasteiger partial charge in [0, 0.05) is 0 Å². The molecular weight excluding hydrogens is 1050 g/mol. The molecule has 0 aromatic carbocycles. The van der Waals surface area contributed by atoms with Gasteiger partial charge >= 0.3 is 11.9 Å². The topological polar surface area (TPSA) is 55.8 Å². The van der Waals surface area contributed by atoms with E-state index in [0.717, 1.165) is 103 Å². The maximum absolute atomic E-state index is 14.4. The molecule has 86 heavy (non-hydrogen) atoms. The van der Waals surface area contributed by atoms with Gasteiger partial charge in [0.2, 0.25) is 0 Å². The molecule has 0 bridgehead atoms. The minimum Gasteiger partial charge on any atom is -0.462 e. The molecule has 0 amide bonds. The summed E-state index contributed by atoms with van der Waals surface area (Å²) >= 11 is 0. The van der Waals surface area contributed by atoms with Crippen LogP contribution < -0.4 is 0 Å². The van der Waals surface area contributed by atoms with E-state index in [0.29, 0.717) is 13.0 Å². The van der Waals surface area contributed by atoms with Crippen molar-refractivity contribution in [1.29, 1.82) is 0 Å². The van der Waals surface area contributed by atoms with E-state index >= 15 is 0 Å². The van der Waals surface area contributed by atoms with Gasteiger partial charge < -0.3 is 14.4 Å². The second-order valence-electron chi connectivity index (χ2n) is 25.8. The number of esters is 2. The summed E-state index contributed by atoms with van der Waals surface area (Å²) < 4.78 is 13.0. The van der Waals surface area contributed by atoms with Crippen molar-refractivity contribution in [2.45, 2.75) is 380 Å². The van der Waals surface area contributed by atoms with Gasteiger partial charge in [-0.2, -0.15) is 0 Å². The molecule has 0 atom stereocenters. The Bertz CT molecular complexity index is 1440. The van der Waals surface area contributed by atoms with Crippen LogP contribution in [0.15, 0.2) is 97.2 Å². The van der Waals surface area contributed by atoms with Gasteiger partial charge in [-0.15, -0.1) is 0 Å². The normalized spacial score (nSPS) is 12.6. The Morgan fingerprint density at radius 1 is 0.267 bits per heavy atom. The second-order valence-corrected chi connectivity index (χ2v) is 25.8. The van der Waals surface area contributed by atoms with Crippen molar-refractivity contribution in [3.63, 3.8) is 0 Å². The molecule has 0 saturated heterocycles. The maximum atomic E-state index is 14.4. The van der Waals surface area contributed by atoms with Crippen molar-refractivity contribution in [2.24, 2.45) is 5.92 Å². The highest BCUT2D eigenvalue weighted by atomic mass is 16.6. The quantitative estimate of drug-likeness (QED) is 0.0263. The first-order valence-corrected chi connectivity index (χ1v) is 37.6. The van der Waals surface area contributed by atoms with Crippen LogP contribution >= 0.6 is 0 Å². The minimum atomic E-state index is -0.888. The lowest BCUT2D eigenvalue weighted by molar-refractivity contribution is -0.169. The van der Waals surface area contributed by atoms with Crippen LogP contribution in [0.25, 0.3) is 0 Å². The fraction of sp³-hybridized carbons (Fsp3) is 0.778. The van der Waals surface area contributed by atoms with E-state index in [4.69, 9.17) is 9.47 Å². The van der Waals surface area contributed by atoms with Crippen LogP contribution in [0.3, 0.4) is 0 Å². The van der Waals surface area contributed by atoms with E-state index in [1.807, 2.05) is 14.1 Å². The fourth-order valence-corrected chi connectivity index (χ4v) is 11.2. The molecule has 5 heteroatoms. The summed E-state index contributed by atoms with van der Waals surface area (Å²) in [6.07, 6.45) is 99.4. The number of carbonyl (C=O) groups excluding carboxylic acids is 2. The third-order valence-electron chi connectivity index (χ3n) is 16.9. The molecular formula is C81H145NO4. The molecule has 5 nitrogen and oxygen atoms in total. The lowest BCUT2D eigenvalue weighted by Crippen LogP contribution is -2.35. The molecule has 0 heterocycles. The second kappa shape index (κ2) is 70.9. The third-order valence-corrected chi connectivity index (χ3v) is 16.9. The van der Waals surface area contributed by atoms with Gasteiger partial charge in [-0.1, -0.05) is 279 Å². The van der Waals surface area contributed by atoms with Crippen molar-refractivity contribution in [1.82, 2.24) is 4.90 Å². The number of rotatable bonds is 67. The molecule has 0 fully saturated rings. The Morgan fingerprint density at radius 3 is 0.674 bits per heavy atom. The summed E-state index contributed by atoms with van der Waals surface area (Å²) in [4.78, 5) is 30.9. The van der Waals surface area contributed by atoms with E-state index in [9.17, 15) is 9.59 Å². The average molecular weight is 1200 g/mol. The first kappa shape index (κ1) is 82.8. The van der Waals surface area contributed by atoms with Crippen LogP contribution in [0.4, 0.5) is 0 Å². The van der Waals surface area contributed by atoms with Crippen molar-refractivity contribution < 1.29 is 19.1 Å². The standard InChI is InChI=1S/C81H145NO4/c1-7-11-15-19-23-27-31-35-39-43-47-51-55-59-63-67-71-77(72-68-64-60-56-52-48-44-40-36-32-28-24-20-16-12-8-2)85-80(83)79(75-76-82(5)6)81(84)86-78(73-69-65-61-57-53-49-45-41-37-33-29-25-21-17-13-9-3)74-70-66-62-58-54-50-46-42-38-34-30-26-22-18-14-10-4/h23-30,35-42,77-79H,7-22,31-34,43-76H2,1-6H3/b27-23-,28-24-,29-25-,30-26-,39-35-,40-36-,41-37-,42-38-. The summed E-state index contributed by atoms with van der Waals surface area (Å²) in [5.74, 6) is -1.60. The van der Waals surface area contributed by atoms with Crippen molar-refractivity contribution in [3.05, 3.63) is 97.2 Å². The highest BCUT2D eigenvalue weighted by molar-refractivity contribution is 5.95. The van der Waals surface area contributed by atoms with Crippen LogP contribution in [0.5, 0.6) is 0 Å². The molecule has 0 aliphatic carbocycles. The van der Waals surface area contributed by atoms with E-state index < -0.39 is 5.92 Å². The molecule has 0 rings (SSSR count). The zero-order valence-electron chi connectivity index (χ0n) is 58.2. The highest BCUT2D eigenvalue weighted by Crippen LogP contribution is 2.24. The summed E-state index contributed by atoms with van der Waals surface area (Å²) in [6.45, 7) is 9.70. The lowest BCUT2D eigenvalue weighted by atomic mass is 10.00. The van der Waals surface area contributed by atoms with E-state index in [-0.39, 0.29) is 24.1 Å². The average Bonchev–Trinajstić information content (AvgIpc) is 3.69. The summed E-state index contributed by atoms with van der Waals surface area (Å²) in [5, 5.41) is 0. The smallest absolute Gasteiger partial charge is 0.320 e. The number of nitrogens with zero attached hydrogens (tertiary/aromatic N) is 1. The number of ether oxygens (including phenoxy) is 2. The summed E-state index contributed by atoms with van der Waals surface area (Å²) in [5.41, 5.74) is 0. The number of hydrogen-bond acceptors (Lipinski definition) is 5. The minimum absolute atomic E-state index is 0.152. The molecule has 0 N–H and O–H groups in total. The van der Waals surface area contributed by atoms with Crippen molar-refractivity contribution in [2.75, 3.05) is 20.6 Å². The van der Waals surface area contributed by atoms with Gasteiger partial charge in [-0.3, -0.25) is 9.59 Å². The number of hydrogen-bond donors (Lipinski definition) is 0. The molecule has 0 saturated carbocycles. The van der Waals surface area contributed by atoms with Gasteiger partial charge in [0.1, 0.15) is 12.2 Å². The largest absolute Gasteiger partial charge is 0.462 e. The predicted octanol–water partition coefficient (Wildman–Crippen LogP) is 26.2. The molecule has 0 unspecified atom stereocenters. The first-order valence-electron chi connectivity index (χ1n) is 37.6. The molecule has 0 aromatic heterocycles. The SMILES string of the molecule is CCCCC/C=C\C/C=C\CCCCCCCCC(CCCCCCCC/C=C\C/C=C\CCCCC)OC(=O)C(CCN(C)C)C(=O)OC(CCCCCCCC/C=C\C/C=C\CCCCC)CCCCCCCC/C=C\C/C=C\CCCCC. The Hall–Kier alpha value is -3.18. The van der Waals surface area contributed by atoms with Gasteiger partial charge in [-0.25, -0.2) is 0 Å². The first-order chi connectivity index (χ1) is 42.4. The van der Waals surface area contributed by atoms with E-state index in [1.54, 1.807) is 0 Å². The van der Waals surface area contributed by atoms with E-state index in [2.05, 4.69) is 130 Å². The molecule has 0 spiro atoms. The van der Waals surface area contributed by atoms with Gasteiger partial charge in [0.25, 0.3) is 0 Å². The molecule has 0 aliphatic rings. The molecule has 498 valence electrons. The van der Waals surface area contributed by atoms with Crippen LogP contribution in [-0.2, 0) is 19.1 Å².